The average molecular weight is 328 g/mol. The predicted octanol–water partition coefficient (Wildman–Crippen LogP) is 1.62. The highest BCUT2D eigenvalue weighted by Crippen LogP contribution is 2.21. The zero-order chi connectivity index (χ0) is 16.9. The zero-order valence-electron chi connectivity index (χ0n) is 13.7. The third kappa shape index (κ3) is 5.55. The zero-order valence-corrected chi connectivity index (χ0v) is 14.5. The molecule has 7 heteroatoms. The van der Waals surface area contributed by atoms with Crippen LogP contribution < -0.4 is 14.4 Å². The molecule has 0 fully saturated rings. The highest BCUT2D eigenvalue weighted by Gasteiger charge is 2.15. The fourth-order valence-corrected chi connectivity index (χ4v) is 2.14. The van der Waals surface area contributed by atoms with Gasteiger partial charge in [-0.1, -0.05) is 13.8 Å². The molecule has 0 heterocycles. The Balaban J connectivity index is 2.66. The highest BCUT2D eigenvalue weighted by molar-refractivity contribution is 7.92. The molecule has 6 nitrogen and oxygen atoms in total. The van der Waals surface area contributed by atoms with Gasteiger partial charge >= 0.3 is 0 Å². The summed E-state index contributed by atoms with van der Waals surface area (Å²) in [7, 11) is -1.81. The third-order valence-corrected chi connectivity index (χ3v) is 4.27. The monoisotopic (exact) mass is 328 g/mol. The maximum Gasteiger partial charge on any atom is 0.260 e. The minimum Gasteiger partial charge on any atom is -0.481 e. The Bertz CT molecular complexity index is 596. The van der Waals surface area contributed by atoms with E-state index in [4.69, 9.17) is 4.74 Å². The van der Waals surface area contributed by atoms with Crippen molar-refractivity contribution in [1.82, 2.24) is 5.32 Å². The van der Waals surface area contributed by atoms with Gasteiger partial charge < -0.3 is 10.1 Å². The summed E-state index contributed by atoms with van der Waals surface area (Å²) in [5, 5.41) is 2.80. The van der Waals surface area contributed by atoms with Crippen molar-refractivity contribution in [3.63, 3.8) is 0 Å². The smallest absolute Gasteiger partial charge is 0.260 e. The minimum absolute atomic E-state index is 0.175. The van der Waals surface area contributed by atoms with Crippen LogP contribution in [0.4, 0.5) is 5.69 Å². The fraction of sp³-hybridized carbons (Fsp3) is 0.533. The Labute approximate surface area is 132 Å². The van der Waals surface area contributed by atoms with Crippen molar-refractivity contribution in [2.45, 2.75) is 26.9 Å². The number of carbonyl (C=O) groups excluding carboxylic acids is 1. The van der Waals surface area contributed by atoms with Crippen molar-refractivity contribution in [2.75, 3.05) is 24.2 Å². The molecule has 0 aliphatic heterocycles. The molecule has 1 N–H and O–H groups in total. The average Bonchev–Trinajstić information content (AvgIpc) is 2.43. The lowest BCUT2D eigenvalue weighted by Crippen LogP contribution is -2.38. The van der Waals surface area contributed by atoms with Crippen molar-refractivity contribution in [3.05, 3.63) is 24.3 Å². The Morgan fingerprint density at radius 2 is 1.77 bits per heavy atom. The molecule has 22 heavy (non-hydrogen) atoms. The van der Waals surface area contributed by atoms with Gasteiger partial charge in [0, 0.05) is 13.6 Å². The third-order valence-electron chi connectivity index (χ3n) is 3.06. The Kier molecular flexibility index (Phi) is 6.22. The Morgan fingerprint density at radius 3 is 2.23 bits per heavy atom. The van der Waals surface area contributed by atoms with E-state index in [9.17, 15) is 13.2 Å². The standard InChI is InChI=1S/C15H24N2O4S/c1-11(2)10-16-15(18)12(3)21-14-8-6-13(7-9-14)17(4)22(5,19)20/h6-9,11-12H,10H2,1-5H3,(H,16,18). The summed E-state index contributed by atoms with van der Waals surface area (Å²) in [5.41, 5.74) is 0.534. The van der Waals surface area contributed by atoms with E-state index in [1.54, 1.807) is 31.2 Å². The maximum atomic E-state index is 11.8. The van der Waals surface area contributed by atoms with Crippen LogP contribution >= 0.6 is 0 Å². The summed E-state index contributed by atoms with van der Waals surface area (Å²) < 4.78 is 29.6. The van der Waals surface area contributed by atoms with Gasteiger partial charge in [-0.3, -0.25) is 9.10 Å². The summed E-state index contributed by atoms with van der Waals surface area (Å²) in [6, 6.07) is 6.55. The Morgan fingerprint density at radius 1 is 1.23 bits per heavy atom. The topological polar surface area (TPSA) is 75.7 Å². The number of nitrogens with zero attached hydrogens (tertiary/aromatic N) is 1. The van der Waals surface area contributed by atoms with Gasteiger partial charge in [0.05, 0.1) is 11.9 Å². The van der Waals surface area contributed by atoms with Crippen molar-refractivity contribution < 1.29 is 17.9 Å². The number of hydrogen-bond acceptors (Lipinski definition) is 4. The SMILES string of the molecule is CC(C)CNC(=O)C(C)Oc1ccc(N(C)S(C)(=O)=O)cc1. The quantitative estimate of drug-likeness (QED) is 0.825. The second-order valence-electron chi connectivity index (χ2n) is 5.62. The maximum absolute atomic E-state index is 11.8. The molecule has 1 aromatic rings. The number of amides is 1. The molecule has 0 spiro atoms. The molecular formula is C15H24N2O4S. The van der Waals surface area contributed by atoms with Crippen molar-refractivity contribution >= 4 is 21.6 Å². The van der Waals surface area contributed by atoms with Gasteiger partial charge in [-0.2, -0.15) is 0 Å². The van der Waals surface area contributed by atoms with Crippen LogP contribution in [0.5, 0.6) is 5.75 Å². The molecule has 0 saturated carbocycles. The van der Waals surface area contributed by atoms with Crippen LogP contribution in [0.15, 0.2) is 24.3 Å². The first-order chi connectivity index (χ1) is 10.1. The highest BCUT2D eigenvalue weighted by atomic mass is 32.2. The summed E-state index contributed by atoms with van der Waals surface area (Å²) >= 11 is 0. The number of benzene rings is 1. The first kappa shape index (κ1) is 18.3. The van der Waals surface area contributed by atoms with E-state index in [-0.39, 0.29) is 5.91 Å². The number of ether oxygens (including phenoxy) is 1. The lowest BCUT2D eigenvalue weighted by molar-refractivity contribution is -0.127. The molecule has 0 aromatic heterocycles. The van der Waals surface area contributed by atoms with Crippen LogP contribution in [0, 0.1) is 5.92 Å². The van der Waals surface area contributed by atoms with Gasteiger partial charge in [0.2, 0.25) is 10.0 Å². The van der Waals surface area contributed by atoms with Crippen LogP contribution in [0.3, 0.4) is 0 Å². The van der Waals surface area contributed by atoms with Gasteiger partial charge in [0.15, 0.2) is 6.10 Å². The van der Waals surface area contributed by atoms with E-state index in [0.29, 0.717) is 23.9 Å². The number of rotatable bonds is 7. The molecule has 0 saturated heterocycles. The first-order valence-electron chi connectivity index (χ1n) is 7.09. The lowest BCUT2D eigenvalue weighted by Gasteiger charge is -2.18. The van der Waals surface area contributed by atoms with Crippen molar-refractivity contribution in [2.24, 2.45) is 5.92 Å². The van der Waals surface area contributed by atoms with Crippen molar-refractivity contribution in [1.29, 1.82) is 0 Å². The molecule has 124 valence electrons. The van der Waals surface area contributed by atoms with E-state index in [1.165, 1.54) is 11.4 Å². The van der Waals surface area contributed by atoms with Gasteiger partial charge in [0.25, 0.3) is 5.91 Å². The molecule has 0 aliphatic carbocycles. The van der Waals surface area contributed by atoms with Gasteiger partial charge in [-0.05, 0) is 37.1 Å². The van der Waals surface area contributed by atoms with Crippen LogP contribution in [-0.2, 0) is 14.8 Å². The summed E-state index contributed by atoms with van der Waals surface area (Å²) in [4.78, 5) is 11.8. The number of carbonyl (C=O) groups is 1. The first-order valence-corrected chi connectivity index (χ1v) is 8.94. The molecule has 0 radical (unpaired) electrons. The molecular weight excluding hydrogens is 304 g/mol. The van der Waals surface area contributed by atoms with Crippen molar-refractivity contribution in [3.8, 4) is 5.75 Å². The summed E-state index contributed by atoms with van der Waals surface area (Å²) in [6.45, 7) is 6.31. The molecule has 0 aliphatic rings. The number of sulfonamides is 1. The second kappa shape index (κ2) is 7.49. The molecule has 1 rings (SSSR count). The summed E-state index contributed by atoms with van der Waals surface area (Å²) in [6.07, 6.45) is 0.524. The molecule has 1 unspecified atom stereocenters. The summed E-state index contributed by atoms with van der Waals surface area (Å²) in [5.74, 6) is 0.714. The van der Waals surface area contributed by atoms with Gasteiger partial charge in [0.1, 0.15) is 5.75 Å². The van der Waals surface area contributed by atoms with Gasteiger partial charge in [-0.25, -0.2) is 8.42 Å². The van der Waals surface area contributed by atoms with Crippen LogP contribution in [0.2, 0.25) is 0 Å². The van der Waals surface area contributed by atoms with Crippen LogP contribution in [0.25, 0.3) is 0 Å². The minimum atomic E-state index is -3.29. The number of hydrogen-bond donors (Lipinski definition) is 1. The van der Waals surface area contributed by atoms with E-state index in [1.807, 2.05) is 13.8 Å². The number of nitrogens with one attached hydrogen (secondary N) is 1. The molecule has 0 bridgehead atoms. The number of anilines is 1. The molecule has 1 aromatic carbocycles. The lowest BCUT2D eigenvalue weighted by atomic mass is 10.2. The van der Waals surface area contributed by atoms with Crippen LogP contribution in [0.1, 0.15) is 20.8 Å². The second-order valence-corrected chi connectivity index (χ2v) is 7.64. The van der Waals surface area contributed by atoms with Gasteiger partial charge in [-0.15, -0.1) is 0 Å². The van der Waals surface area contributed by atoms with Crippen LogP contribution in [-0.4, -0.2) is 40.3 Å². The van der Waals surface area contributed by atoms with E-state index in [2.05, 4.69) is 5.32 Å². The molecule has 1 amide bonds. The normalized spacial score (nSPS) is 12.8. The Hall–Kier alpha value is -1.76. The van der Waals surface area contributed by atoms with E-state index in [0.717, 1.165) is 6.26 Å². The largest absolute Gasteiger partial charge is 0.481 e. The fourth-order valence-electron chi connectivity index (χ4n) is 1.63. The molecule has 1 atom stereocenters. The van der Waals surface area contributed by atoms with E-state index < -0.39 is 16.1 Å². The van der Waals surface area contributed by atoms with E-state index >= 15 is 0 Å². The predicted molar refractivity (Wildman–Crippen MR) is 87.6 cm³/mol.